The molecule has 0 radical (unpaired) electrons. The normalized spacial score (nSPS) is 10.6. The van der Waals surface area contributed by atoms with Crippen molar-refractivity contribution in [3.8, 4) is 0 Å². The van der Waals surface area contributed by atoms with E-state index in [9.17, 15) is 0 Å². The Balaban J connectivity index is 1.75. The van der Waals surface area contributed by atoms with Crippen molar-refractivity contribution >= 4 is 17.4 Å². The van der Waals surface area contributed by atoms with Gasteiger partial charge >= 0.3 is 0 Å². The largest absolute Gasteiger partial charge is 0.370 e. The van der Waals surface area contributed by atoms with Crippen molar-refractivity contribution < 1.29 is 0 Å². The van der Waals surface area contributed by atoms with Crippen molar-refractivity contribution in [3.63, 3.8) is 0 Å². The quantitative estimate of drug-likeness (QED) is 0.625. The van der Waals surface area contributed by atoms with Crippen molar-refractivity contribution in [3.05, 3.63) is 35.8 Å². The van der Waals surface area contributed by atoms with Crippen LogP contribution in [0.1, 0.15) is 25.3 Å². The lowest BCUT2D eigenvalue weighted by Crippen LogP contribution is -2.08. The molecule has 0 aliphatic heterocycles. The Kier molecular flexibility index (Phi) is 5.15. The fourth-order valence-corrected chi connectivity index (χ4v) is 2.17. The number of unbranched alkanes of at least 4 members (excludes halogenated alkanes) is 1. The summed E-state index contributed by atoms with van der Waals surface area (Å²) in [4.78, 5) is 12.2. The molecule has 0 unspecified atom stereocenters. The van der Waals surface area contributed by atoms with Crippen molar-refractivity contribution in [2.45, 2.75) is 32.7 Å². The molecule has 0 spiro atoms. The summed E-state index contributed by atoms with van der Waals surface area (Å²) in [5, 5.41) is 3.86. The van der Waals surface area contributed by atoms with E-state index < -0.39 is 0 Å². The molecule has 2 rings (SSSR count). The van der Waals surface area contributed by atoms with Gasteiger partial charge in [0.1, 0.15) is 17.3 Å². The molecule has 19 heavy (non-hydrogen) atoms. The number of hydrogen-bond acceptors (Lipinski definition) is 4. The highest BCUT2D eigenvalue weighted by Gasteiger charge is 2.06. The van der Waals surface area contributed by atoms with Crippen molar-refractivity contribution in [2.24, 2.45) is 0 Å². The Morgan fingerprint density at radius 1 is 1.32 bits per heavy atom. The predicted octanol–water partition coefficient (Wildman–Crippen LogP) is 2.78. The number of nitrogens with one attached hydrogen (secondary N) is 1. The van der Waals surface area contributed by atoms with Crippen LogP contribution in [0.2, 0.25) is 5.15 Å². The van der Waals surface area contributed by atoms with Gasteiger partial charge in [-0.3, -0.25) is 0 Å². The Hall–Kier alpha value is -1.62. The van der Waals surface area contributed by atoms with Gasteiger partial charge in [0, 0.05) is 31.0 Å². The van der Waals surface area contributed by atoms with E-state index in [1.807, 2.05) is 12.5 Å². The maximum absolute atomic E-state index is 6.04. The van der Waals surface area contributed by atoms with Gasteiger partial charge in [-0.2, -0.15) is 0 Å². The number of nitrogens with zero attached hydrogens (tertiary/aromatic N) is 4. The van der Waals surface area contributed by atoms with Gasteiger partial charge in [-0.1, -0.05) is 18.5 Å². The number of hydrogen-bond donors (Lipinski definition) is 1. The zero-order chi connectivity index (χ0) is 13.5. The van der Waals surface area contributed by atoms with Crippen molar-refractivity contribution in [1.82, 2.24) is 19.5 Å². The SMILES string of the molecule is CCc1c(Cl)ncnc1NCCCCn1ccnc1. The molecular weight excluding hydrogens is 262 g/mol. The van der Waals surface area contributed by atoms with Gasteiger partial charge < -0.3 is 9.88 Å². The third-order valence-electron chi connectivity index (χ3n) is 2.94. The lowest BCUT2D eigenvalue weighted by Gasteiger charge is -2.10. The van der Waals surface area contributed by atoms with Gasteiger partial charge in [-0.05, 0) is 19.3 Å². The van der Waals surface area contributed by atoms with E-state index in [0.717, 1.165) is 43.7 Å². The minimum Gasteiger partial charge on any atom is -0.370 e. The van der Waals surface area contributed by atoms with E-state index in [0.29, 0.717) is 5.15 Å². The summed E-state index contributed by atoms with van der Waals surface area (Å²) in [6.45, 7) is 3.93. The average Bonchev–Trinajstić information content (AvgIpc) is 2.92. The predicted molar refractivity (Wildman–Crippen MR) is 76.4 cm³/mol. The summed E-state index contributed by atoms with van der Waals surface area (Å²) < 4.78 is 2.08. The zero-order valence-electron chi connectivity index (χ0n) is 11.0. The molecule has 102 valence electrons. The molecule has 6 heteroatoms. The first-order chi connectivity index (χ1) is 9.31. The van der Waals surface area contributed by atoms with E-state index in [2.05, 4.69) is 31.8 Å². The monoisotopic (exact) mass is 279 g/mol. The molecule has 0 aromatic carbocycles. The van der Waals surface area contributed by atoms with Crippen LogP contribution in [0.3, 0.4) is 0 Å². The molecule has 2 aromatic heterocycles. The number of rotatable bonds is 7. The van der Waals surface area contributed by atoms with Crippen LogP contribution in [0.15, 0.2) is 25.0 Å². The minimum atomic E-state index is 0.540. The number of halogens is 1. The van der Waals surface area contributed by atoms with Gasteiger partial charge in [0.15, 0.2) is 0 Å². The second kappa shape index (κ2) is 7.09. The highest BCUT2D eigenvalue weighted by atomic mass is 35.5. The molecule has 1 N–H and O–H groups in total. The number of aryl methyl sites for hydroxylation is 1. The molecule has 0 fully saturated rings. The van der Waals surface area contributed by atoms with Crippen LogP contribution in [0, 0.1) is 0 Å². The number of imidazole rings is 1. The summed E-state index contributed by atoms with van der Waals surface area (Å²) >= 11 is 6.04. The van der Waals surface area contributed by atoms with E-state index in [1.165, 1.54) is 6.33 Å². The molecule has 0 aliphatic carbocycles. The summed E-state index contributed by atoms with van der Waals surface area (Å²) in [6.07, 6.45) is 10.1. The smallest absolute Gasteiger partial charge is 0.137 e. The summed E-state index contributed by atoms with van der Waals surface area (Å²) in [5.41, 5.74) is 0.985. The molecule has 0 saturated heterocycles. The Morgan fingerprint density at radius 3 is 2.95 bits per heavy atom. The summed E-state index contributed by atoms with van der Waals surface area (Å²) in [6, 6.07) is 0. The van der Waals surface area contributed by atoms with Crippen LogP contribution in [0.5, 0.6) is 0 Å². The third-order valence-corrected chi connectivity index (χ3v) is 3.27. The van der Waals surface area contributed by atoms with Gasteiger partial charge in [0.25, 0.3) is 0 Å². The van der Waals surface area contributed by atoms with E-state index >= 15 is 0 Å². The van der Waals surface area contributed by atoms with Crippen LogP contribution in [-0.4, -0.2) is 26.1 Å². The molecule has 0 bridgehead atoms. The second-order valence-electron chi connectivity index (χ2n) is 4.28. The number of aromatic nitrogens is 4. The lowest BCUT2D eigenvalue weighted by molar-refractivity contribution is 0.620. The van der Waals surface area contributed by atoms with Crippen LogP contribution >= 0.6 is 11.6 Å². The van der Waals surface area contributed by atoms with E-state index in [-0.39, 0.29) is 0 Å². The first-order valence-corrected chi connectivity index (χ1v) is 6.88. The molecule has 0 saturated carbocycles. The first kappa shape index (κ1) is 13.8. The second-order valence-corrected chi connectivity index (χ2v) is 4.64. The van der Waals surface area contributed by atoms with Crippen molar-refractivity contribution in [1.29, 1.82) is 0 Å². The average molecular weight is 280 g/mol. The Bertz CT molecular complexity index is 498. The zero-order valence-corrected chi connectivity index (χ0v) is 11.8. The maximum Gasteiger partial charge on any atom is 0.137 e. The molecule has 0 amide bonds. The fraction of sp³-hybridized carbons (Fsp3) is 0.462. The van der Waals surface area contributed by atoms with Crippen LogP contribution < -0.4 is 5.32 Å². The lowest BCUT2D eigenvalue weighted by atomic mass is 10.2. The highest BCUT2D eigenvalue weighted by Crippen LogP contribution is 2.19. The van der Waals surface area contributed by atoms with Gasteiger partial charge in [0.05, 0.1) is 6.33 Å². The molecule has 0 atom stereocenters. The number of anilines is 1. The Morgan fingerprint density at radius 2 is 2.21 bits per heavy atom. The molecular formula is C13H18ClN5. The molecule has 2 aromatic rings. The van der Waals surface area contributed by atoms with Gasteiger partial charge in [0.2, 0.25) is 0 Å². The van der Waals surface area contributed by atoms with Gasteiger partial charge in [-0.15, -0.1) is 0 Å². The molecule has 2 heterocycles. The maximum atomic E-state index is 6.04. The minimum absolute atomic E-state index is 0.540. The fourth-order valence-electron chi connectivity index (χ4n) is 1.90. The molecule has 5 nitrogen and oxygen atoms in total. The summed E-state index contributed by atoms with van der Waals surface area (Å²) in [7, 11) is 0. The van der Waals surface area contributed by atoms with Crippen LogP contribution in [0.25, 0.3) is 0 Å². The summed E-state index contributed by atoms with van der Waals surface area (Å²) in [5.74, 6) is 0.852. The molecule has 0 aliphatic rings. The first-order valence-electron chi connectivity index (χ1n) is 6.50. The van der Waals surface area contributed by atoms with Gasteiger partial charge in [-0.25, -0.2) is 15.0 Å². The highest BCUT2D eigenvalue weighted by molar-refractivity contribution is 6.30. The van der Waals surface area contributed by atoms with E-state index in [4.69, 9.17) is 11.6 Å². The van der Waals surface area contributed by atoms with Crippen molar-refractivity contribution in [2.75, 3.05) is 11.9 Å². The topological polar surface area (TPSA) is 55.6 Å². The third kappa shape index (κ3) is 3.92. The van der Waals surface area contributed by atoms with Crippen LogP contribution in [0.4, 0.5) is 5.82 Å². The Labute approximate surface area is 118 Å². The van der Waals surface area contributed by atoms with E-state index in [1.54, 1.807) is 6.20 Å². The van der Waals surface area contributed by atoms with Crippen LogP contribution in [-0.2, 0) is 13.0 Å². The standard InChI is InChI=1S/C13H18ClN5/c1-2-11-12(14)17-9-18-13(11)16-5-3-4-7-19-8-6-15-10-19/h6,8-10H,2-5,7H2,1H3,(H,16,17,18).